The van der Waals surface area contributed by atoms with Crippen LogP contribution in [0, 0.1) is 5.82 Å². The molecule has 0 spiro atoms. The summed E-state index contributed by atoms with van der Waals surface area (Å²) < 4.78 is 36.4. The lowest BCUT2D eigenvalue weighted by Crippen LogP contribution is -2.42. The van der Waals surface area contributed by atoms with Crippen molar-refractivity contribution in [1.29, 1.82) is 0 Å². The van der Waals surface area contributed by atoms with Crippen LogP contribution in [0.1, 0.15) is 31.0 Å². The van der Waals surface area contributed by atoms with Crippen molar-refractivity contribution in [1.82, 2.24) is 9.80 Å². The zero-order chi connectivity index (χ0) is 27.4. The molecule has 204 valence electrons. The summed E-state index contributed by atoms with van der Waals surface area (Å²) in [5, 5.41) is 11.3. The van der Waals surface area contributed by atoms with Gasteiger partial charge in [-0.25, -0.2) is 4.39 Å². The molecule has 1 atom stereocenters. The SMILES string of the molecule is COc1ccc([C@@H]2C(=C(O)c3ccc(OC(C)C)c(F)c3)C(=O)C(=O)N2CCN2CCOCC2)cc1OC. The van der Waals surface area contributed by atoms with Gasteiger partial charge < -0.3 is 29.0 Å². The zero-order valence-electron chi connectivity index (χ0n) is 22.0. The summed E-state index contributed by atoms with van der Waals surface area (Å²) in [6.45, 7) is 6.94. The van der Waals surface area contributed by atoms with Crippen molar-refractivity contribution in [2.75, 3.05) is 53.6 Å². The van der Waals surface area contributed by atoms with Crippen molar-refractivity contribution in [3.8, 4) is 17.2 Å². The number of ether oxygens (including phenoxy) is 4. The highest BCUT2D eigenvalue weighted by Crippen LogP contribution is 2.42. The quantitative estimate of drug-likeness (QED) is 0.301. The number of Topliss-reactive ketones (excluding diaryl/α,β-unsaturated/α-hetero) is 1. The number of halogens is 1. The van der Waals surface area contributed by atoms with Crippen LogP contribution in [0.2, 0.25) is 0 Å². The van der Waals surface area contributed by atoms with Crippen molar-refractivity contribution < 1.29 is 38.0 Å². The maximum Gasteiger partial charge on any atom is 0.295 e. The van der Waals surface area contributed by atoms with Gasteiger partial charge in [0.1, 0.15) is 5.76 Å². The van der Waals surface area contributed by atoms with Crippen LogP contribution in [0.4, 0.5) is 4.39 Å². The first-order valence-electron chi connectivity index (χ1n) is 12.5. The van der Waals surface area contributed by atoms with Crippen molar-refractivity contribution in [2.24, 2.45) is 0 Å². The van der Waals surface area contributed by atoms with Crippen LogP contribution < -0.4 is 14.2 Å². The van der Waals surface area contributed by atoms with Gasteiger partial charge in [-0.1, -0.05) is 6.07 Å². The van der Waals surface area contributed by atoms with Crippen molar-refractivity contribution in [3.63, 3.8) is 0 Å². The third-order valence-electron chi connectivity index (χ3n) is 6.59. The number of carbonyl (C=O) groups excluding carboxylic acids is 2. The molecule has 0 aliphatic carbocycles. The van der Waals surface area contributed by atoms with E-state index >= 15 is 0 Å². The number of hydrogen-bond acceptors (Lipinski definition) is 8. The van der Waals surface area contributed by atoms with Gasteiger partial charge in [-0.05, 0) is 49.7 Å². The molecule has 0 saturated carbocycles. The van der Waals surface area contributed by atoms with Crippen LogP contribution >= 0.6 is 0 Å². The fourth-order valence-corrected chi connectivity index (χ4v) is 4.71. The molecule has 38 heavy (non-hydrogen) atoms. The van der Waals surface area contributed by atoms with Crippen LogP contribution in [0.25, 0.3) is 5.76 Å². The molecule has 10 heteroatoms. The molecule has 0 radical (unpaired) electrons. The van der Waals surface area contributed by atoms with E-state index in [0.29, 0.717) is 36.8 Å². The first-order valence-corrected chi connectivity index (χ1v) is 12.5. The Morgan fingerprint density at radius 1 is 1.03 bits per heavy atom. The van der Waals surface area contributed by atoms with Crippen molar-refractivity contribution in [2.45, 2.75) is 26.0 Å². The average molecular weight is 529 g/mol. The summed E-state index contributed by atoms with van der Waals surface area (Å²) in [5.41, 5.74) is 0.488. The molecule has 2 aliphatic rings. The second kappa shape index (κ2) is 11.8. The monoisotopic (exact) mass is 528 g/mol. The van der Waals surface area contributed by atoms with Crippen molar-refractivity contribution >= 4 is 17.4 Å². The molecule has 2 heterocycles. The number of hydrogen-bond donors (Lipinski definition) is 1. The number of likely N-dealkylation sites (tertiary alicyclic amines) is 1. The molecule has 2 aliphatic heterocycles. The Kier molecular flexibility index (Phi) is 8.53. The highest BCUT2D eigenvalue weighted by atomic mass is 19.1. The highest BCUT2D eigenvalue weighted by Gasteiger charge is 2.46. The van der Waals surface area contributed by atoms with Gasteiger partial charge in [0.15, 0.2) is 23.1 Å². The van der Waals surface area contributed by atoms with Gasteiger partial charge in [0.25, 0.3) is 11.7 Å². The first-order chi connectivity index (χ1) is 18.2. The molecule has 1 amide bonds. The standard InChI is InChI=1S/C28H33FN2O7/c1-17(2)38-21-7-6-19(15-20(21)29)26(32)24-25(18-5-8-22(35-3)23(16-18)36-4)31(28(34)27(24)33)10-9-30-11-13-37-14-12-30/h5-8,15-17,25,32H,9-14H2,1-4H3/t25-/m1/s1. The van der Waals surface area contributed by atoms with Gasteiger partial charge in [-0.15, -0.1) is 0 Å². The third-order valence-corrected chi connectivity index (χ3v) is 6.59. The minimum absolute atomic E-state index is 0.0268. The van der Waals surface area contributed by atoms with Gasteiger partial charge in [0.2, 0.25) is 0 Å². The predicted octanol–water partition coefficient (Wildman–Crippen LogP) is 3.38. The van der Waals surface area contributed by atoms with Crippen LogP contribution in [-0.2, 0) is 14.3 Å². The van der Waals surface area contributed by atoms with E-state index in [4.69, 9.17) is 18.9 Å². The number of aliphatic hydroxyl groups is 1. The summed E-state index contributed by atoms with van der Waals surface area (Å²) in [6.07, 6.45) is -0.245. The maximum absolute atomic E-state index is 14.8. The first kappa shape index (κ1) is 27.4. The molecule has 9 nitrogen and oxygen atoms in total. The zero-order valence-corrected chi connectivity index (χ0v) is 22.0. The summed E-state index contributed by atoms with van der Waals surface area (Å²) in [7, 11) is 2.99. The number of aliphatic hydroxyl groups excluding tert-OH is 1. The van der Waals surface area contributed by atoms with Gasteiger partial charge in [-0.3, -0.25) is 14.5 Å². The topological polar surface area (TPSA) is 97.8 Å². The Hall–Kier alpha value is -3.63. The Bertz CT molecular complexity index is 1220. The van der Waals surface area contributed by atoms with E-state index in [9.17, 15) is 19.1 Å². The fourth-order valence-electron chi connectivity index (χ4n) is 4.71. The molecule has 0 aromatic heterocycles. The van der Waals surface area contributed by atoms with Gasteiger partial charge in [0, 0.05) is 31.7 Å². The maximum atomic E-state index is 14.8. The molecular weight excluding hydrogens is 495 g/mol. The van der Waals surface area contributed by atoms with E-state index in [2.05, 4.69) is 4.90 Å². The van der Waals surface area contributed by atoms with Crippen molar-refractivity contribution in [3.05, 3.63) is 58.9 Å². The highest BCUT2D eigenvalue weighted by molar-refractivity contribution is 6.46. The third kappa shape index (κ3) is 5.61. The predicted molar refractivity (Wildman–Crippen MR) is 138 cm³/mol. The summed E-state index contributed by atoms with van der Waals surface area (Å²) >= 11 is 0. The largest absolute Gasteiger partial charge is 0.507 e. The van der Waals surface area contributed by atoms with E-state index in [-0.39, 0.29) is 29.5 Å². The van der Waals surface area contributed by atoms with E-state index in [0.717, 1.165) is 19.2 Å². The minimum atomic E-state index is -0.912. The van der Waals surface area contributed by atoms with Gasteiger partial charge >= 0.3 is 0 Å². The Morgan fingerprint density at radius 3 is 2.34 bits per heavy atom. The minimum Gasteiger partial charge on any atom is -0.507 e. The lowest BCUT2D eigenvalue weighted by molar-refractivity contribution is -0.140. The number of amides is 1. The molecule has 0 unspecified atom stereocenters. The van der Waals surface area contributed by atoms with E-state index < -0.39 is 29.3 Å². The van der Waals surface area contributed by atoms with Crippen LogP contribution in [0.5, 0.6) is 17.2 Å². The fraction of sp³-hybridized carbons (Fsp3) is 0.429. The van der Waals surface area contributed by atoms with E-state index in [1.54, 1.807) is 32.0 Å². The number of benzene rings is 2. The number of ketones is 1. The van der Waals surface area contributed by atoms with Gasteiger partial charge in [0.05, 0.1) is 45.2 Å². The number of carbonyl (C=O) groups is 2. The second-order valence-electron chi connectivity index (χ2n) is 9.37. The Morgan fingerprint density at radius 2 is 1.71 bits per heavy atom. The van der Waals surface area contributed by atoms with Gasteiger partial charge in [-0.2, -0.15) is 0 Å². The van der Waals surface area contributed by atoms with Crippen LogP contribution in [0.15, 0.2) is 42.0 Å². The van der Waals surface area contributed by atoms with E-state index in [1.165, 1.54) is 31.3 Å². The summed E-state index contributed by atoms with van der Waals surface area (Å²) in [6, 6.07) is 8.10. The number of nitrogens with zero attached hydrogens (tertiary/aromatic N) is 2. The molecule has 1 N–H and O–H groups in total. The van der Waals surface area contributed by atoms with Crippen LogP contribution in [-0.4, -0.2) is 86.3 Å². The number of morpholine rings is 1. The molecule has 2 saturated heterocycles. The molecule has 0 bridgehead atoms. The lowest BCUT2D eigenvalue weighted by atomic mass is 9.95. The summed E-state index contributed by atoms with van der Waals surface area (Å²) in [4.78, 5) is 30.2. The van der Waals surface area contributed by atoms with E-state index in [1.807, 2.05) is 0 Å². The lowest BCUT2D eigenvalue weighted by Gasteiger charge is -2.31. The molecule has 2 aromatic rings. The molecule has 4 rings (SSSR count). The molecular formula is C28H33FN2O7. The second-order valence-corrected chi connectivity index (χ2v) is 9.37. The smallest absolute Gasteiger partial charge is 0.295 e. The normalized spacial score (nSPS) is 19.7. The number of methoxy groups -OCH3 is 2. The van der Waals surface area contributed by atoms with Crippen LogP contribution in [0.3, 0.4) is 0 Å². The Balaban J connectivity index is 1.77. The number of rotatable bonds is 9. The molecule has 2 fully saturated rings. The molecule has 2 aromatic carbocycles. The summed E-state index contributed by atoms with van der Waals surface area (Å²) in [5.74, 6) is -1.82. The Labute approximate surface area is 221 Å². The average Bonchev–Trinajstić information content (AvgIpc) is 3.17.